The number of nitrogens with two attached hydrogens (primary N) is 1. The highest BCUT2D eigenvalue weighted by Crippen LogP contribution is 2.27. The van der Waals surface area contributed by atoms with Gasteiger partial charge in [0.2, 0.25) is 0 Å². The Bertz CT molecular complexity index is 739. The number of rotatable bonds is 2. The zero-order chi connectivity index (χ0) is 13.2. The molecule has 3 N–H and O–H groups in total. The van der Waals surface area contributed by atoms with E-state index < -0.39 is 0 Å². The number of hydrogen-bond donors (Lipinski definition) is 2. The van der Waals surface area contributed by atoms with Crippen LogP contribution in [0.2, 0.25) is 0 Å². The standard InChI is InChI=1S/C13H10N4OS/c14-9-3-4-10-11(6-9)19-13(16-10)17-12(18)8-2-1-5-15-7-8/h1-7H,14H2,(H,16,17,18). The first kappa shape index (κ1) is 11.6. The fraction of sp³-hybridized carbons (Fsp3) is 0. The van der Waals surface area contributed by atoms with Crippen LogP contribution in [0.25, 0.3) is 10.2 Å². The molecule has 0 atom stereocenters. The highest BCUT2D eigenvalue weighted by molar-refractivity contribution is 7.22. The third-order valence-electron chi connectivity index (χ3n) is 2.56. The molecule has 0 spiro atoms. The van der Waals surface area contributed by atoms with Crippen LogP contribution in [0.3, 0.4) is 0 Å². The molecule has 1 amide bonds. The summed E-state index contributed by atoms with van der Waals surface area (Å²) in [5.74, 6) is -0.222. The maximum absolute atomic E-state index is 11.9. The normalized spacial score (nSPS) is 10.5. The van der Waals surface area contributed by atoms with Crippen molar-refractivity contribution in [2.75, 3.05) is 11.1 Å². The summed E-state index contributed by atoms with van der Waals surface area (Å²) in [6, 6.07) is 8.88. The molecule has 1 aromatic carbocycles. The van der Waals surface area contributed by atoms with Crippen molar-refractivity contribution in [2.45, 2.75) is 0 Å². The summed E-state index contributed by atoms with van der Waals surface area (Å²) in [7, 11) is 0. The number of nitrogen functional groups attached to an aromatic ring is 1. The van der Waals surface area contributed by atoms with E-state index in [0.29, 0.717) is 16.4 Å². The van der Waals surface area contributed by atoms with E-state index in [4.69, 9.17) is 5.73 Å². The van der Waals surface area contributed by atoms with Crippen LogP contribution in [0.15, 0.2) is 42.7 Å². The second-order valence-corrected chi connectivity index (χ2v) is 4.97. The van der Waals surface area contributed by atoms with Crippen molar-refractivity contribution in [3.05, 3.63) is 48.3 Å². The van der Waals surface area contributed by atoms with Gasteiger partial charge in [-0.25, -0.2) is 4.98 Å². The van der Waals surface area contributed by atoms with Gasteiger partial charge in [0.15, 0.2) is 5.13 Å². The molecular formula is C13H10N4OS. The minimum Gasteiger partial charge on any atom is -0.399 e. The summed E-state index contributed by atoms with van der Waals surface area (Å²) >= 11 is 1.39. The number of carbonyl (C=O) groups is 1. The van der Waals surface area contributed by atoms with E-state index in [0.717, 1.165) is 10.2 Å². The SMILES string of the molecule is Nc1ccc2nc(NC(=O)c3cccnc3)sc2c1. The van der Waals surface area contributed by atoms with Crippen LogP contribution < -0.4 is 11.1 Å². The number of nitrogens with zero attached hydrogens (tertiary/aromatic N) is 2. The predicted molar refractivity (Wildman–Crippen MR) is 76.2 cm³/mol. The Morgan fingerprint density at radius 3 is 3.00 bits per heavy atom. The van der Waals surface area contributed by atoms with E-state index in [9.17, 15) is 4.79 Å². The van der Waals surface area contributed by atoms with Gasteiger partial charge in [-0.15, -0.1) is 0 Å². The minimum atomic E-state index is -0.222. The van der Waals surface area contributed by atoms with Gasteiger partial charge in [0.1, 0.15) is 0 Å². The monoisotopic (exact) mass is 270 g/mol. The predicted octanol–water partition coefficient (Wildman–Crippen LogP) is 2.53. The Labute approximate surface area is 113 Å². The summed E-state index contributed by atoms with van der Waals surface area (Å²) in [5, 5.41) is 3.31. The summed E-state index contributed by atoms with van der Waals surface area (Å²) in [6.45, 7) is 0. The number of amides is 1. The molecule has 0 aliphatic heterocycles. The molecule has 5 nitrogen and oxygen atoms in total. The third kappa shape index (κ3) is 2.38. The quantitative estimate of drug-likeness (QED) is 0.701. The average molecular weight is 270 g/mol. The molecule has 6 heteroatoms. The van der Waals surface area contributed by atoms with Crippen LogP contribution in [-0.2, 0) is 0 Å². The Morgan fingerprint density at radius 2 is 2.21 bits per heavy atom. The molecule has 0 fully saturated rings. The lowest BCUT2D eigenvalue weighted by Gasteiger charge is -1.99. The number of fused-ring (bicyclic) bond motifs is 1. The Kier molecular flexibility index (Phi) is 2.85. The van der Waals surface area contributed by atoms with Gasteiger partial charge >= 0.3 is 0 Å². The van der Waals surface area contributed by atoms with Crippen LogP contribution >= 0.6 is 11.3 Å². The van der Waals surface area contributed by atoms with Gasteiger partial charge < -0.3 is 5.73 Å². The molecule has 0 unspecified atom stereocenters. The molecule has 0 saturated heterocycles. The molecule has 3 rings (SSSR count). The Balaban J connectivity index is 1.87. The van der Waals surface area contributed by atoms with Crippen molar-refractivity contribution in [1.29, 1.82) is 0 Å². The minimum absolute atomic E-state index is 0.222. The second-order valence-electron chi connectivity index (χ2n) is 3.94. The van der Waals surface area contributed by atoms with Crippen molar-refractivity contribution in [3.8, 4) is 0 Å². The van der Waals surface area contributed by atoms with Gasteiger partial charge in [-0.3, -0.25) is 15.1 Å². The molecular weight excluding hydrogens is 260 g/mol. The van der Waals surface area contributed by atoms with Gasteiger partial charge in [-0.05, 0) is 30.3 Å². The molecule has 3 aromatic rings. The lowest BCUT2D eigenvalue weighted by atomic mass is 10.3. The summed E-state index contributed by atoms with van der Waals surface area (Å²) < 4.78 is 0.946. The van der Waals surface area contributed by atoms with E-state index in [1.165, 1.54) is 17.5 Å². The molecule has 2 heterocycles. The Morgan fingerprint density at radius 1 is 1.32 bits per heavy atom. The molecule has 2 aromatic heterocycles. The van der Waals surface area contributed by atoms with Crippen LogP contribution in [-0.4, -0.2) is 15.9 Å². The van der Waals surface area contributed by atoms with Crippen molar-refractivity contribution in [2.24, 2.45) is 0 Å². The number of carbonyl (C=O) groups excluding carboxylic acids is 1. The van der Waals surface area contributed by atoms with E-state index in [-0.39, 0.29) is 5.91 Å². The molecule has 0 saturated carbocycles. The maximum atomic E-state index is 11.9. The van der Waals surface area contributed by atoms with Crippen molar-refractivity contribution >= 4 is 38.3 Å². The van der Waals surface area contributed by atoms with Crippen molar-refractivity contribution in [1.82, 2.24) is 9.97 Å². The van der Waals surface area contributed by atoms with E-state index >= 15 is 0 Å². The zero-order valence-corrected chi connectivity index (χ0v) is 10.6. The number of nitrogens with one attached hydrogen (secondary N) is 1. The number of aromatic nitrogens is 2. The van der Waals surface area contributed by atoms with Gasteiger partial charge in [0.05, 0.1) is 15.8 Å². The first-order valence-corrected chi connectivity index (χ1v) is 6.41. The molecule has 94 valence electrons. The van der Waals surface area contributed by atoms with Gasteiger partial charge in [-0.2, -0.15) is 0 Å². The van der Waals surface area contributed by atoms with Crippen LogP contribution in [0, 0.1) is 0 Å². The smallest absolute Gasteiger partial charge is 0.259 e. The van der Waals surface area contributed by atoms with Gasteiger partial charge in [-0.1, -0.05) is 11.3 Å². The number of hydrogen-bond acceptors (Lipinski definition) is 5. The molecule has 0 aliphatic rings. The van der Waals surface area contributed by atoms with Gasteiger partial charge in [0, 0.05) is 18.1 Å². The van der Waals surface area contributed by atoms with Gasteiger partial charge in [0.25, 0.3) is 5.91 Å². The topological polar surface area (TPSA) is 80.9 Å². The summed E-state index contributed by atoms with van der Waals surface area (Å²) in [6.07, 6.45) is 3.14. The van der Waals surface area contributed by atoms with Crippen molar-refractivity contribution < 1.29 is 4.79 Å². The number of anilines is 2. The van der Waals surface area contributed by atoms with Crippen LogP contribution in [0.4, 0.5) is 10.8 Å². The highest BCUT2D eigenvalue weighted by atomic mass is 32.1. The number of thiazole rings is 1. The number of benzene rings is 1. The largest absolute Gasteiger partial charge is 0.399 e. The highest BCUT2D eigenvalue weighted by Gasteiger charge is 2.09. The zero-order valence-electron chi connectivity index (χ0n) is 9.83. The Hall–Kier alpha value is -2.47. The van der Waals surface area contributed by atoms with E-state index in [1.807, 2.05) is 12.1 Å². The lowest BCUT2D eigenvalue weighted by Crippen LogP contribution is -2.11. The average Bonchev–Trinajstić information content (AvgIpc) is 2.81. The van der Waals surface area contributed by atoms with E-state index in [2.05, 4.69) is 15.3 Å². The van der Waals surface area contributed by atoms with Crippen LogP contribution in [0.1, 0.15) is 10.4 Å². The molecule has 0 bridgehead atoms. The maximum Gasteiger partial charge on any atom is 0.259 e. The first-order valence-electron chi connectivity index (χ1n) is 5.60. The summed E-state index contributed by atoms with van der Waals surface area (Å²) in [4.78, 5) is 20.2. The third-order valence-corrected chi connectivity index (χ3v) is 3.49. The fourth-order valence-electron chi connectivity index (χ4n) is 1.66. The molecule has 0 radical (unpaired) electrons. The lowest BCUT2D eigenvalue weighted by molar-refractivity contribution is 0.102. The molecule has 0 aliphatic carbocycles. The fourth-order valence-corrected chi connectivity index (χ4v) is 2.57. The second kappa shape index (κ2) is 4.66. The molecule has 19 heavy (non-hydrogen) atoms. The van der Waals surface area contributed by atoms with Crippen molar-refractivity contribution in [3.63, 3.8) is 0 Å². The summed E-state index contributed by atoms with van der Waals surface area (Å²) in [5.41, 5.74) is 7.71. The number of pyridine rings is 1. The van der Waals surface area contributed by atoms with Crippen LogP contribution in [0.5, 0.6) is 0 Å². The van der Waals surface area contributed by atoms with E-state index in [1.54, 1.807) is 24.4 Å². The first-order chi connectivity index (χ1) is 9.22.